The van der Waals surface area contributed by atoms with Gasteiger partial charge in [0, 0.05) is 0 Å². The van der Waals surface area contributed by atoms with Crippen LogP contribution in [0.25, 0.3) is 5.57 Å². The Bertz CT molecular complexity index is 464. The highest BCUT2D eigenvalue weighted by atomic mass is 16.7. The maximum atomic E-state index is 11.6. The van der Waals surface area contributed by atoms with Gasteiger partial charge in [0.2, 0.25) is 6.79 Å². The Balaban J connectivity index is 2.37. The molecule has 1 aromatic rings. The number of methoxy groups -OCH3 is 2. The molecular weight excluding hydrogens is 224 g/mol. The quantitative estimate of drug-likeness (QED) is 0.453. The van der Waals surface area contributed by atoms with E-state index >= 15 is 0 Å². The van der Waals surface area contributed by atoms with Gasteiger partial charge in [-0.1, -0.05) is 6.07 Å². The lowest BCUT2D eigenvalue weighted by molar-refractivity contribution is -0.133. The molecule has 0 N–H and O–H groups in total. The molecule has 0 fully saturated rings. The average molecular weight is 236 g/mol. The molecule has 1 aromatic carbocycles. The van der Waals surface area contributed by atoms with Crippen LogP contribution in [-0.2, 0) is 14.3 Å². The molecule has 0 unspecified atom stereocenters. The molecule has 0 spiro atoms. The third kappa shape index (κ3) is 2.18. The molecule has 90 valence electrons. The van der Waals surface area contributed by atoms with Crippen LogP contribution in [0.15, 0.2) is 24.5 Å². The van der Waals surface area contributed by atoms with E-state index in [0.29, 0.717) is 22.6 Å². The standard InChI is InChI=1S/C12H12O5/c1-14-6-9(12(13)15-2)8-3-4-10-11(5-8)17-7-16-10/h3-6H,7H2,1-2H3/b9-6+. The van der Waals surface area contributed by atoms with E-state index in [1.807, 2.05) is 0 Å². The summed E-state index contributed by atoms with van der Waals surface area (Å²) in [4.78, 5) is 11.6. The first-order chi connectivity index (χ1) is 8.26. The van der Waals surface area contributed by atoms with Gasteiger partial charge in [0.05, 0.1) is 20.5 Å². The van der Waals surface area contributed by atoms with Gasteiger partial charge in [0.1, 0.15) is 5.57 Å². The van der Waals surface area contributed by atoms with Crippen LogP contribution >= 0.6 is 0 Å². The fourth-order valence-electron chi connectivity index (χ4n) is 1.53. The monoisotopic (exact) mass is 236 g/mol. The van der Waals surface area contributed by atoms with Gasteiger partial charge in [-0.2, -0.15) is 0 Å². The second-order valence-corrected chi connectivity index (χ2v) is 3.33. The minimum atomic E-state index is -0.467. The van der Waals surface area contributed by atoms with Crippen molar-refractivity contribution in [2.75, 3.05) is 21.0 Å². The van der Waals surface area contributed by atoms with E-state index < -0.39 is 5.97 Å². The predicted octanol–water partition coefficient (Wildman–Crippen LogP) is 1.58. The number of ether oxygens (including phenoxy) is 4. The maximum Gasteiger partial charge on any atom is 0.341 e. The molecule has 0 atom stereocenters. The van der Waals surface area contributed by atoms with Crippen LogP contribution in [0.1, 0.15) is 5.56 Å². The van der Waals surface area contributed by atoms with Crippen molar-refractivity contribution in [1.82, 2.24) is 0 Å². The lowest BCUT2D eigenvalue weighted by atomic mass is 10.1. The first kappa shape index (κ1) is 11.3. The molecule has 1 aliphatic rings. The highest BCUT2D eigenvalue weighted by Crippen LogP contribution is 2.34. The molecule has 0 aliphatic carbocycles. The van der Waals surface area contributed by atoms with E-state index in [9.17, 15) is 4.79 Å². The molecule has 1 heterocycles. The number of fused-ring (bicyclic) bond motifs is 1. The van der Waals surface area contributed by atoms with Gasteiger partial charge >= 0.3 is 5.97 Å². The third-order valence-electron chi connectivity index (χ3n) is 2.32. The van der Waals surface area contributed by atoms with Crippen molar-refractivity contribution in [2.45, 2.75) is 0 Å². The first-order valence-corrected chi connectivity index (χ1v) is 4.97. The zero-order valence-corrected chi connectivity index (χ0v) is 9.56. The zero-order valence-electron chi connectivity index (χ0n) is 9.56. The minimum absolute atomic E-state index is 0.195. The Morgan fingerprint density at radius 3 is 2.76 bits per heavy atom. The highest BCUT2D eigenvalue weighted by molar-refractivity contribution is 6.16. The molecule has 5 heteroatoms. The van der Waals surface area contributed by atoms with Crippen molar-refractivity contribution in [2.24, 2.45) is 0 Å². The molecule has 5 nitrogen and oxygen atoms in total. The minimum Gasteiger partial charge on any atom is -0.503 e. The van der Waals surface area contributed by atoms with Crippen LogP contribution in [0.3, 0.4) is 0 Å². The molecule has 1 aliphatic heterocycles. The van der Waals surface area contributed by atoms with Crippen LogP contribution in [0.4, 0.5) is 0 Å². The Labute approximate surface area is 98.5 Å². The van der Waals surface area contributed by atoms with Crippen LogP contribution in [0, 0.1) is 0 Å². The van der Waals surface area contributed by atoms with E-state index in [-0.39, 0.29) is 6.79 Å². The Hall–Kier alpha value is -2.17. The van der Waals surface area contributed by atoms with Gasteiger partial charge in [-0.15, -0.1) is 0 Å². The summed E-state index contributed by atoms with van der Waals surface area (Å²) in [5, 5.41) is 0. The summed E-state index contributed by atoms with van der Waals surface area (Å²) in [6.45, 7) is 0.195. The zero-order chi connectivity index (χ0) is 12.3. The van der Waals surface area contributed by atoms with Crippen molar-refractivity contribution < 1.29 is 23.7 Å². The van der Waals surface area contributed by atoms with E-state index in [4.69, 9.17) is 14.2 Å². The molecule has 0 saturated carbocycles. The van der Waals surface area contributed by atoms with Crippen molar-refractivity contribution in [3.05, 3.63) is 30.0 Å². The predicted molar refractivity (Wildman–Crippen MR) is 59.6 cm³/mol. The summed E-state index contributed by atoms with van der Waals surface area (Å²) in [7, 11) is 2.79. The highest BCUT2D eigenvalue weighted by Gasteiger charge is 2.18. The van der Waals surface area contributed by atoms with Gasteiger partial charge in [-0.25, -0.2) is 4.79 Å². The fourth-order valence-corrected chi connectivity index (χ4v) is 1.53. The Morgan fingerprint density at radius 2 is 2.06 bits per heavy atom. The number of rotatable bonds is 3. The molecule has 0 radical (unpaired) electrons. The summed E-state index contributed by atoms with van der Waals surface area (Å²) in [6.07, 6.45) is 1.34. The fraction of sp³-hybridized carbons (Fsp3) is 0.250. The van der Waals surface area contributed by atoms with Crippen molar-refractivity contribution in [3.8, 4) is 11.5 Å². The number of carbonyl (C=O) groups excluding carboxylic acids is 1. The van der Waals surface area contributed by atoms with Crippen LogP contribution < -0.4 is 9.47 Å². The number of hydrogen-bond acceptors (Lipinski definition) is 5. The SMILES string of the molecule is CO/C=C(/C(=O)OC)c1ccc2c(c1)OCO2. The Morgan fingerprint density at radius 1 is 1.29 bits per heavy atom. The maximum absolute atomic E-state index is 11.6. The summed E-state index contributed by atoms with van der Waals surface area (Å²) in [6, 6.07) is 5.20. The van der Waals surface area contributed by atoms with E-state index in [0.717, 1.165) is 0 Å². The van der Waals surface area contributed by atoms with Crippen molar-refractivity contribution in [3.63, 3.8) is 0 Å². The lowest BCUT2D eigenvalue weighted by Gasteiger charge is -2.06. The van der Waals surface area contributed by atoms with Gasteiger partial charge in [0.15, 0.2) is 11.5 Å². The third-order valence-corrected chi connectivity index (χ3v) is 2.32. The lowest BCUT2D eigenvalue weighted by Crippen LogP contribution is -2.04. The normalized spacial score (nSPS) is 13.4. The molecule has 17 heavy (non-hydrogen) atoms. The van der Waals surface area contributed by atoms with Crippen molar-refractivity contribution >= 4 is 11.5 Å². The molecule has 2 rings (SSSR count). The molecule has 0 amide bonds. The number of hydrogen-bond donors (Lipinski definition) is 0. The molecule has 0 saturated heterocycles. The Kier molecular flexibility index (Phi) is 3.18. The second-order valence-electron chi connectivity index (χ2n) is 3.33. The van der Waals surface area contributed by atoms with Crippen LogP contribution in [0.2, 0.25) is 0 Å². The van der Waals surface area contributed by atoms with Gasteiger partial charge in [0.25, 0.3) is 0 Å². The summed E-state index contributed by atoms with van der Waals surface area (Å²) < 4.78 is 20.0. The molecule has 0 aromatic heterocycles. The van der Waals surface area contributed by atoms with E-state index in [1.54, 1.807) is 18.2 Å². The topological polar surface area (TPSA) is 54.0 Å². The van der Waals surface area contributed by atoms with Gasteiger partial charge in [-0.05, 0) is 17.7 Å². The molecular formula is C12H12O5. The number of carbonyl (C=O) groups is 1. The smallest absolute Gasteiger partial charge is 0.341 e. The van der Waals surface area contributed by atoms with E-state index in [1.165, 1.54) is 20.5 Å². The van der Waals surface area contributed by atoms with Gasteiger partial charge < -0.3 is 18.9 Å². The summed E-state index contributed by atoms with van der Waals surface area (Å²) in [5.41, 5.74) is 0.983. The van der Waals surface area contributed by atoms with Crippen LogP contribution in [-0.4, -0.2) is 27.0 Å². The van der Waals surface area contributed by atoms with E-state index in [2.05, 4.69) is 4.74 Å². The first-order valence-electron chi connectivity index (χ1n) is 4.97. The number of benzene rings is 1. The largest absolute Gasteiger partial charge is 0.503 e. The summed E-state index contributed by atoms with van der Waals surface area (Å²) >= 11 is 0. The van der Waals surface area contributed by atoms with Gasteiger partial charge in [-0.3, -0.25) is 0 Å². The molecule has 0 bridgehead atoms. The second kappa shape index (κ2) is 4.78. The van der Waals surface area contributed by atoms with Crippen molar-refractivity contribution in [1.29, 1.82) is 0 Å². The number of esters is 1. The van der Waals surface area contributed by atoms with Crippen LogP contribution in [0.5, 0.6) is 11.5 Å². The average Bonchev–Trinajstić information content (AvgIpc) is 2.82. The summed E-state index contributed by atoms with van der Waals surface area (Å²) in [5.74, 6) is 0.800.